The second-order valence-electron chi connectivity index (χ2n) is 5.10. The van der Waals surface area contributed by atoms with E-state index in [2.05, 4.69) is 35.3 Å². The zero-order valence-corrected chi connectivity index (χ0v) is 11.9. The first-order valence-corrected chi connectivity index (χ1v) is 6.96. The highest BCUT2D eigenvalue weighted by Gasteiger charge is 2.16. The maximum Gasteiger partial charge on any atom is 0.158 e. The van der Waals surface area contributed by atoms with Gasteiger partial charge < -0.3 is 5.32 Å². The van der Waals surface area contributed by atoms with E-state index in [1.807, 2.05) is 16.8 Å². The number of halogens is 1. The van der Waals surface area contributed by atoms with Crippen molar-refractivity contribution in [2.75, 3.05) is 13.1 Å². The SMILES string of the molecule is CC(C)c1cccc2c(Cl)nn(CC3=NCCN3)c12. The topological polar surface area (TPSA) is 42.2 Å². The van der Waals surface area contributed by atoms with Gasteiger partial charge in [-0.3, -0.25) is 9.67 Å². The Morgan fingerprint density at radius 3 is 2.95 bits per heavy atom. The third-order valence-corrected chi connectivity index (χ3v) is 3.70. The van der Waals surface area contributed by atoms with Crippen LogP contribution in [-0.4, -0.2) is 28.7 Å². The molecule has 1 aromatic carbocycles. The average Bonchev–Trinajstić information content (AvgIpc) is 2.99. The van der Waals surface area contributed by atoms with Crippen LogP contribution < -0.4 is 5.32 Å². The Kier molecular flexibility index (Phi) is 3.19. The minimum atomic E-state index is 0.439. The molecule has 0 fully saturated rings. The van der Waals surface area contributed by atoms with Gasteiger partial charge in [-0.2, -0.15) is 5.10 Å². The van der Waals surface area contributed by atoms with E-state index < -0.39 is 0 Å². The summed E-state index contributed by atoms with van der Waals surface area (Å²) in [4.78, 5) is 4.42. The molecule has 1 aromatic heterocycles. The van der Waals surface area contributed by atoms with E-state index in [1.165, 1.54) is 5.56 Å². The molecule has 2 aromatic rings. The smallest absolute Gasteiger partial charge is 0.158 e. The highest BCUT2D eigenvalue weighted by Crippen LogP contribution is 2.29. The zero-order chi connectivity index (χ0) is 13.4. The summed E-state index contributed by atoms with van der Waals surface area (Å²) in [6.45, 7) is 6.79. The van der Waals surface area contributed by atoms with Crippen molar-refractivity contribution in [1.29, 1.82) is 0 Å². The molecule has 0 amide bonds. The second kappa shape index (κ2) is 4.85. The van der Waals surface area contributed by atoms with Crippen LogP contribution in [0.25, 0.3) is 10.9 Å². The van der Waals surface area contributed by atoms with Gasteiger partial charge in [0.25, 0.3) is 0 Å². The highest BCUT2D eigenvalue weighted by atomic mass is 35.5. The first-order chi connectivity index (χ1) is 9.16. The van der Waals surface area contributed by atoms with Crippen molar-refractivity contribution in [2.45, 2.75) is 26.3 Å². The summed E-state index contributed by atoms with van der Waals surface area (Å²) in [6, 6.07) is 6.21. The lowest BCUT2D eigenvalue weighted by molar-refractivity contribution is 0.729. The molecule has 0 aliphatic carbocycles. The molecular formula is C14H17ClN4. The van der Waals surface area contributed by atoms with E-state index in [4.69, 9.17) is 11.6 Å². The third kappa shape index (κ3) is 2.21. The molecule has 4 nitrogen and oxygen atoms in total. The number of nitrogens with one attached hydrogen (secondary N) is 1. The molecule has 1 aliphatic rings. The van der Waals surface area contributed by atoms with Crippen molar-refractivity contribution in [2.24, 2.45) is 4.99 Å². The summed E-state index contributed by atoms with van der Waals surface area (Å²) >= 11 is 6.25. The lowest BCUT2D eigenvalue weighted by atomic mass is 10.0. The first kappa shape index (κ1) is 12.5. The summed E-state index contributed by atoms with van der Waals surface area (Å²) in [5.41, 5.74) is 2.40. The van der Waals surface area contributed by atoms with Crippen LogP contribution in [0.15, 0.2) is 23.2 Å². The van der Waals surface area contributed by atoms with E-state index in [9.17, 15) is 0 Å². The quantitative estimate of drug-likeness (QED) is 0.937. The summed E-state index contributed by atoms with van der Waals surface area (Å²) in [5, 5.41) is 9.32. The Morgan fingerprint density at radius 2 is 2.26 bits per heavy atom. The fourth-order valence-electron chi connectivity index (χ4n) is 2.50. The van der Waals surface area contributed by atoms with Gasteiger partial charge in [-0.1, -0.05) is 37.6 Å². The predicted octanol–water partition coefficient (Wildman–Crippen LogP) is 2.81. The maximum atomic E-state index is 6.25. The summed E-state index contributed by atoms with van der Waals surface area (Å²) < 4.78 is 1.96. The van der Waals surface area contributed by atoms with Crippen molar-refractivity contribution in [3.8, 4) is 0 Å². The van der Waals surface area contributed by atoms with Crippen LogP contribution in [0.1, 0.15) is 25.3 Å². The molecule has 0 radical (unpaired) electrons. The van der Waals surface area contributed by atoms with E-state index in [1.54, 1.807) is 0 Å². The van der Waals surface area contributed by atoms with Crippen molar-refractivity contribution in [3.63, 3.8) is 0 Å². The Morgan fingerprint density at radius 1 is 1.42 bits per heavy atom. The predicted molar refractivity (Wildman–Crippen MR) is 79.1 cm³/mol. The van der Waals surface area contributed by atoms with Crippen LogP contribution in [0.4, 0.5) is 0 Å². The van der Waals surface area contributed by atoms with E-state index in [0.29, 0.717) is 17.6 Å². The van der Waals surface area contributed by atoms with Gasteiger partial charge in [0.2, 0.25) is 0 Å². The molecule has 100 valence electrons. The average molecular weight is 277 g/mol. The van der Waals surface area contributed by atoms with Crippen LogP contribution in [0, 0.1) is 0 Å². The number of aromatic nitrogens is 2. The lowest BCUT2D eigenvalue weighted by Crippen LogP contribution is -2.24. The number of aliphatic imine (C=N–C) groups is 1. The molecule has 0 bridgehead atoms. The second-order valence-corrected chi connectivity index (χ2v) is 5.46. The molecule has 3 rings (SSSR count). The molecule has 0 atom stereocenters. The number of nitrogens with zero attached hydrogens (tertiary/aromatic N) is 3. The molecular weight excluding hydrogens is 260 g/mol. The first-order valence-electron chi connectivity index (χ1n) is 6.59. The molecule has 1 N–H and O–H groups in total. The van der Waals surface area contributed by atoms with Crippen LogP contribution in [0.2, 0.25) is 5.15 Å². The number of hydrogen-bond donors (Lipinski definition) is 1. The Hall–Kier alpha value is -1.55. The number of para-hydroxylation sites is 1. The molecule has 0 spiro atoms. The van der Waals surface area contributed by atoms with E-state index in [-0.39, 0.29) is 0 Å². The van der Waals surface area contributed by atoms with Crippen LogP contribution in [0.3, 0.4) is 0 Å². The fraction of sp³-hybridized carbons (Fsp3) is 0.429. The molecule has 2 heterocycles. The minimum absolute atomic E-state index is 0.439. The third-order valence-electron chi connectivity index (χ3n) is 3.42. The van der Waals surface area contributed by atoms with Gasteiger partial charge in [0.05, 0.1) is 18.6 Å². The van der Waals surface area contributed by atoms with Gasteiger partial charge in [-0.25, -0.2) is 0 Å². The van der Waals surface area contributed by atoms with Crippen molar-refractivity contribution in [1.82, 2.24) is 15.1 Å². The molecule has 0 unspecified atom stereocenters. The number of hydrogen-bond acceptors (Lipinski definition) is 3. The van der Waals surface area contributed by atoms with Crippen molar-refractivity contribution >= 4 is 28.3 Å². The Balaban J connectivity index is 2.12. The van der Waals surface area contributed by atoms with Gasteiger partial charge in [-0.15, -0.1) is 0 Å². The van der Waals surface area contributed by atoms with Crippen LogP contribution >= 0.6 is 11.6 Å². The van der Waals surface area contributed by atoms with E-state index in [0.717, 1.165) is 29.8 Å². The normalized spacial score (nSPS) is 15.1. The Labute approximate surface area is 117 Å². The van der Waals surface area contributed by atoms with Gasteiger partial charge in [0.15, 0.2) is 5.15 Å². The van der Waals surface area contributed by atoms with Crippen LogP contribution in [0.5, 0.6) is 0 Å². The molecule has 19 heavy (non-hydrogen) atoms. The molecule has 5 heteroatoms. The minimum Gasteiger partial charge on any atom is -0.370 e. The monoisotopic (exact) mass is 276 g/mol. The van der Waals surface area contributed by atoms with E-state index >= 15 is 0 Å². The number of amidine groups is 1. The van der Waals surface area contributed by atoms with Crippen molar-refractivity contribution < 1.29 is 0 Å². The van der Waals surface area contributed by atoms with Gasteiger partial charge in [0, 0.05) is 11.9 Å². The molecule has 0 saturated heterocycles. The molecule has 1 aliphatic heterocycles. The number of fused-ring (bicyclic) bond motifs is 1. The summed E-state index contributed by atoms with van der Waals surface area (Å²) in [5.74, 6) is 1.42. The van der Waals surface area contributed by atoms with Crippen LogP contribution in [-0.2, 0) is 6.54 Å². The largest absolute Gasteiger partial charge is 0.370 e. The summed E-state index contributed by atoms with van der Waals surface area (Å²) in [7, 11) is 0. The maximum absolute atomic E-state index is 6.25. The standard InChI is InChI=1S/C14H17ClN4/c1-9(2)10-4-3-5-11-13(10)19(18-14(11)15)8-12-16-6-7-17-12/h3-5,9H,6-8H2,1-2H3,(H,16,17). The number of rotatable bonds is 3. The highest BCUT2D eigenvalue weighted by molar-refractivity contribution is 6.34. The summed E-state index contributed by atoms with van der Waals surface area (Å²) in [6.07, 6.45) is 0. The number of benzene rings is 1. The zero-order valence-electron chi connectivity index (χ0n) is 11.2. The van der Waals surface area contributed by atoms with Crippen molar-refractivity contribution in [3.05, 3.63) is 28.9 Å². The Bertz CT molecular complexity index is 642. The van der Waals surface area contributed by atoms with Gasteiger partial charge >= 0.3 is 0 Å². The lowest BCUT2D eigenvalue weighted by Gasteiger charge is -2.11. The van der Waals surface area contributed by atoms with Gasteiger partial charge in [0.1, 0.15) is 5.84 Å². The van der Waals surface area contributed by atoms with Gasteiger partial charge in [-0.05, 0) is 17.5 Å². The molecule has 0 saturated carbocycles. The fourth-order valence-corrected chi connectivity index (χ4v) is 2.74.